The fourth-order valence-electron chi connectivity index (χ4n) is 5.56. The van der Waals surface area contributed by atoms with Crippen LogP contribution in [-0.4, -0.2) is 59.9 Å². The van der Waals surface area contributed by atoms with Gasteiger partial charge in [0.1, 0.15) is 24.7 Å². The second kappa shape index (κ2) is 15.3. The van der Waals surface area contributed by atoms with Crippen molar-refractivity contribution in [1.29, 1.82) is 0 Å². The molecule has 0 saturated carbocycles. The molecular weight excluding hydrogens is 580 g/mol. The third-order valence-electron chi connectivity index (χ3n) is 8.21. The van der Waals surface area contributed by atoms with Gasteiger partial charge in [0.05, 0.1) is 18.7 Å². The summed E-state index contributed by atoms with van der Waals surface area (Å²) in [7, 11) is 1.55. The molecule has 1 aliphatic rings. The second-order valence-corrected chi connectivity index (χ2v) is 11.0. The number of carbonyl (C=O) groups is 2. The van der Waals surface area contributed by atoms with Gasteiger partial charge >= 0.3 is 0 Å². The number of Topliss-reactive ketones (excluding diaryl/α,β-unsaturated/α-hetero) is 1. The number of amides is 1. The lowest BCUT2D eigenvalue weighted by molar-refractivity contribution is -0.140. The smallest absolute Gasteiger partial charge is 0.295 e. The number of likely N-dealkylation sites (tertiary alicyclic amines) is 1. The van der Waals surface area contributed by atoms with E-state index in [0.29, 0.717) is 54.7 Å². The van der Waals surface area contributed by atoms with Gasteiger partial charge in [0, 0.05) is 18.7 Å². The van der Waals surface area contributed by atoms with Crippen molar-refractivity contribution >= 4 is 17.4 Å². The van der Waals surface area contributed by atoms with Crippen LogP contribution in [0.1, 0.15) is 42.1 Å². The lowest BCUT2D eigenvalue weighted by Crippen LogP contribution is -2.38. The zero-order valence-corrected chi connectivity index (χ0v) is 26.5. The van der Waals surface area contributed by atoms with Crippen LogP contribution in [-0.2, 0) is 22.8 Å². The topological polar surface area (TPSA) is 88.5 Å². The molecule has 1 aliphatic heterocycles. The second-order valence-electron chi connectivity index (χ2n) is 11.0. The van der Waals surface area contributed by atoms with Crippen molar-refractivity contribution in [2.75, 3.05) is 33.3 Å². The van der Waals surface area contributed by atoms with Crippen LogP contribution in [0.5, 0.6) is 17.2 Å². The Kier molecular flexibility index (Phi) is 10.7. The molecule has 5 rings (SSSR count). The van der Waals surface area contributed by atoms with E-state index in [1.54, 1.807) is 48.4 Å². The van der Waals surface area contributed by atoms with Crippen molar-refractivity contribution in [2.45, 2.75) is 33.1 Å². The Morgan fingerprint density at radius 1 is 0.783 bits per heavy atom. The average molecular weight is 621 g/mol. The summed E-state index contributed by atoms with van der Waals surface area (Å²) in [6, 6.07) is 31.0. The summed E-state index contributed by atoms with van der Waals surface area (Å²) in [6.07, 6.45) is 0. The van der Waals surface area contributed by atoms with Gasteiger partial charge in [0.2, 0.25) is 0 Å². The maximum Gasteiger partial charge on any atom is 0.295 e. The van der Waals surface area contributed by atoms with Gasteiger partial charge in [0.25, 0.3) is 11.7 Å². The van der Waals surface area contributed by atoms with Crippen LogP contribution in [0.2, 0.25) is 0 Å². The SMILES string of the molecule is CCN(CC)CCN1C(=O)C(=O)/C(=C(/O)c2ccc(OCc3ccccc3)cc2)C1c1ccc(OCc2ccccc2)c(OC)c1. The average Bonchev–Trinajstić information content (AvgIpc) is 3.36. The Balaban J connectivity index is 1.47. The Morgan fingerprint density at radius 3 is 1.98 bits per heavy atom. The number of aliphatic hydroxyl groups is 1. The van der Waals surface area contributed by atoms with Gasteiger partial charge < -0.3 is 29.1 Å². The van der Waals surface area contributed by atoms with Gasteiger partial charge in [-0.1, -0.05) is 80.6 Å². The zero-order chi connectivity index (χ0) is 32.5. The molecule has 8 nitrogen and oxygen atoms in total. The predicted molar refractivity (Wildman–Crippen MR) is 178 cm³/mol. The first-order chi connectivity index (χ1) is 22.4. The Labute approximate surface area is 270 Å². The lowest BCUT2D eigenvalue weighted by Gasteiger charge is -2.28. The van der Waals surface area contributed by atoms with Crippen LogP contribution in [0.25, 0.3) is 5.76 Å². The van der Waals surface area contributed by atoms with Crippen molar-refractivity contribution in [3.63, 3.8) is 0 Å². The maximum atomic E-state index is 13.6. The van der Waals surface area contributed by atoms with Crippen LogP contribution in [0.3, 0.4) is 0 Å². The molecule has 46 heavy (non-hydrogen) atoms. The van der Waals surface area contributed by atoms with Crippen LogP contribution in [0.4, 0.5) is 0 Å². The molecule has 1 amide bonds. The fraction of sp³-hybridized carbons (Fsp3) is 0.263. The molecule has 0 aromatic heterocycles. The Morgan fingerprint density at radius 2 is 1.39 bits per heavy atom. The van der Waals surface area contributed by atoms with Crippen molar-refractivity contribution < 1.29 is 28.9 Å². The highest BCUT2D eigenvalue weighted by Crippen LogP contribution is 2.42. The van der Waals surface area contributed by atoms with Crippen molar-refractivity contribution in [2.24, 2.45) is 0 Å². The van der Waals surface area contributed by atoms with Gasteiger partial charge in [-0.3, -0.25) is 9.59 Å². The highest BCUT2D eigenvalue weighted by atomic mass is 16.5. The highest BCUT2D eigenvalue weighted by Gasteiger charge is 2.46. The number of carbonyl (C=O) groups excluding carboxylic acids is 2. The van der Waals surface area contributed by atoms with E-state index in [-0.39, 0.29) is 11.3 Å². The van der Waals surface area contributed by atoms with E-state index >= 15 is 0 Å². The molecule has 1 N–H and O–H groups in total. The molecule has 238 valence electrons. The van der Waals surface area contributed by atoms with E-state index in [0.717, 1.165) is 24.2 Å². The third-order valence-corrected chi connectivity index (χ3v) is 8.21. The molecule has 8 heteroatoms. The predicted octanol–water partition coefficient (Wildman–Crippen LogP) is 6.62. The number of nitrogens with zero attached hydrogens (tertiary/aromatic N) is 2. The van der Waals surface area contributed by atoms with Crippen LogP contribution < -0.4 is 14.2 Å². The molecule has 1 atom stereocenters. The van der Waals surface area contributed by atoms with E-state index in [2.05, 4.69) is 18.7 Å². The monoisotopic (exact) mass is 620 g/mol. The lowest BCUT2D eigenvalue weighted by atomic mass is 9.95. The van der Waals surface area contributed by atoms with Gasteiger partial charge in [-0.2, -0.15) is 0 Å². The van der Waals surface area contributed by atoms with Gasteiger partial charge in [-0.25, -0.2) is 0 Å². The summed E-state index contributed by atoms with van der Waals surface area (Å²) in [6.45, 7) is 7.38. The first-order valence-corrected chi connectivity index (χ1v) is 15.6. The molecule has 4 aromatic rings. The minimum atomic E-state index is -0.818. The molecule has 0 radical (unpaired) electrons. The van der Waals surface area contributed by atoms with Crippen LogP contribution in [0.15, 0.2) is 109 Å². The summed E-state index contributed by atoms with van der Waals surface area (Å²) in [5, 5.41) is 11.6. The molecule has 1 fully saturated rings. The number of benzene rings is 4. The Hall–Kier alpha value is -5.08. The maximum absolute atomic E-state index is 13.6. The first kappa shape index (κ1) is 32.3. The minimum Gasteiger partial charge on any atom is -0.507 e. The molecule has 4 aromatic carbocycles. The van der Waals surface area contributed by atoms with Gasteiger partial charge in [-0.15, -0.1) is 0 Å². The van der Waals surface area contributed by atoms with Crippen LogP contribution >= 0.6 is 0 Å². The normalized spacial score (nSPS) is 15.7. The van der Waals surface area contributed by atoms with E-state index < -0.39 is 17.7 Å². The number of methoxy groups -OCH3 is 1. The van der Waals surface area contributed by atoms with E-state index in [1.807, 2.05) is 66.7 Å². The molecular formula is C38H40N2O6. The zero-order valence-electron chi connectivity index (χ0n) is 26.5. The van der Waals surface area contributed by atoms with Crippen LogP contribution in [0, 0.1) is 0 Å². The molecule has 0 aliphatic carbocycles. The van der Waals surface area contributed by atoms with Crippen molar-refractivity contribution in [3.05, 3.63) is 131 Å². The molecule has 1 saturated heterocycles. The van der Waals surface area contributed by atoms with Gasteiger partial charge in [0.15, 0.2) is 11.5 Å². The quantitative estimate of drug-likeness (QED) is 0.0964. The largest absolute Gasteiger partial charge is 0.507 e. The fourth-order valence-corrected chi connectivity index (χ4v) is 5.56. The van der Waals surface area contributed by atoms with E-state index in [1.165, 1.54) is 0 Å². The van der Waals surface area contributed by atoms with Crippen molar-refractivity contribution in [3.8, 4) is 17.2 Å². The molecule has 1 heterocycles. The number of rotatable bonds is 14. The summed E-state index contributed by atoms with van der Waals surface area (Å²) in [5.74, 6) is -0.0113. The summed E-state index contributed by atoms with van der Waals surface area (Å²) >= 11 is 0. The first-order valence-electron chi connectivity index (χ1n) is 15.6. The summed E-state index contributed by atoms with van der Waals surface area (Å²) < 4.78 is 17.7. The molecule has 1 unspecified atom stereocenters. The number of aliphatic hydroxyl groups excluding tert-OH is 1. The Bertz CT molecular complexity index is 1650. The molecule has 0 bridgehead atoms. The number of ether oxygens (including phenoxy) is 3. The summed E-state index contributed by atoms with van der Waals surface area (Å²) in [5.41, 5.74) is 3.11. The highest BCUT2D eigenvalue weighted by molar-refractivity contribution is 6.46. The van der Waals surface area contributed by atoms with Crippen molar-refractivity contribution in [1.82, 2.24) is 9.80 Å². The van der Waals surface area contributed by atoms with E-state index in [4.69, 9.17) is 14.2 Å². The summed E-state index contributed by atoms with van der Waals surface area (Å²) in [4.78, 5) is 30.8. The van der Waals surface area contributed by atoms with Gasteiger partial charge in [-0.05, 0) is 66.2 Å². The number of ketones is 1. The number of likely N-dealkylation sites (N-methyl/N-ethyl adjacent to an activating group) is 1. The number of hydrogen-bond acceptors (Lipinski definition) is 7. The number of hydrogen-bond donors (Lipinski definition) is 1. The standard InChI is InChI=1S/C38H40N2O6/c1-4-39(5-2)22-23-40-35(30-18-21-32(33(24-30)44-3)46-26-28-14-10-7-11-15-28)34(37(42)38(40)43)36(41)29-16-19-31(20-17-29)45-25-27-12-8-6-9-13-27/h6-21,24,35,41H,4-5,22-23,25-26H2,1-3H3/b36-34+. The minimum absolute atomic E-state index is 0.0301. The molecule has 0 spiro atoms. The van der Waals surface area contributed by atoms with E-state index in [9.17, 15) is 14.7 Å². The third kappa shape index (κ3) is 7.41.